The van der Waals surface area contributed by atoms with E-state index in [0.717, 1.165) is 12.1 Å². The van der Waals surface area contributed by atoms with Crippen LogP contribution >= 0.6 is 0 Å². The van der Waals surface area contributed by atoms with Crippen molar-refractivity contribution in [1.29, 1.82) is 0 Å². The highest BCUT2D eigenvalue weighted by Crippen LogP contribution is 2.33. The first-order valence-corrected chi connectivity index (χ1v) is 11.0. The highest BCUT2D eigenvalue weighted by Gasteiger charge is 2.36. The van der Waals surface area contributed by atoms with E-state index in [2.05, 4.69) is 14.7 Å². The maximum atomic E-state index is 13.6. The van der Waals surface area contributed by atoms with Crippen molar-refractivity contribution in [3.63, 3.8) is 0 Å². The number of hydrogen-bond acceptors (Lipinski definition) is 5. The Morgan fingerprint density at radius 1 is 1.00 bits per heavy atom. The molecule has 3 aromatic rings. The molecule has 164 valence electrons. The molecule has 0 saturated carbocycles. The van der Waals surface area contributed by atoms with Crippen LogP contribution in [0.4, 0.5) is 23.4 Å². The van der Waals surface area contributed by atoms with Gasteiger partial charge in [-0.15, -0.1) is 0 Å². The summed E-state index contributed by atoms with van der Waals surface area (Å²) in [6.07, 6.45) is -4.03. The summed E-state index contributed by atoms with van der Waals surface area (Å²) in [6.45, 7) is 0.561. The minimum atomic E-state index is -4.78. The van der Waals surface area contributed by atoms with Crippen molar-refractivity contribution in [2.45, 2.75) is 30.0 Å². The molecule has 1 fully saturated rings. The van der Waals surface area contributed by atoms with Crippen LogP contribution in [0.25, 0.3) is 10.9 Å². The molecule has 0 unspecified atom stereocenters. The summed E-state index contributed by atoms with van der Waals surface area (Å²) in [4.78, 5) is 8.96. The van der Waals surface area contributed by atoms with Crippen LogP contribution in [0, 0.1) is 5.82 Å². The predicted molar refractivity (Wildman–Crippen MR) is 106 cm³/mol. The number of nitrogens with zero attached hydrogens (tertiary/aromatic N) is 3. The lowest BCUT2D eigenvalue weighted by Gasteiger charge is -2.33. The third-order valence-corrected chi connectivity index (χ3v) is 6.60. The van der Waals surface area contributed by atoms with Gasteiger partial charge in [-0.1, -0.05) is 18.2 Å². The van der Waals surface area contributed by atoms with E-state index in [-0.39, 0.29) is 35.4 Å². The molecule has 1 N–H and O–H groups in total. The molecule has 1 aliphatic heterocycles. The largest absolute Gasteiger partial charge is 0.451 e. The number of sulfonamides is 1. The quantitative estimate of drug-likeness (QED) is 0.608. The second-order valence-corrected chi connectivity index (χ2v) is 8.94. The Morgan fingerprint density at radius 2 is 1.68 bits per heavy atom. The Hall–Kier alpha value is -2.79. The van der Waals surface area contributed by atoms with Crippen LogP contribution in [0.3, 0.4) is 0 Å². The van der Waals surface area contributed by atoms with Crippen molar-refractivity contribution in [1.82, 2.24) is 14.7 Å². The molecule has 1 saturated heterocycles. The summed E-state index contributed by atoms with van der Waals surface area (Å²) in [7, 11) is -3.69. The molecule has 1 aliphatic rings. The lowest BCUT2D eigenvalue weighted by atomic mass is 10.1. The van der Waals surface area contributed by atoms with Gasteiger partial charge in [-0.05, 0) is 37.1 Å². The molecule has 0 bridgehead atoms. The number of benzene rings is 2. The molecule has 2 aromatic carbocycles. The van der Waals surface area contributed by atoms with Crippen molar-refractivity contribution in [3.05, 3.63) is 60.2 Å². The zero-order valence-corrected chi connectivity index (χ0v) is 16.9. The van der Waals surface area contributed by atoms with Crippen molar-refractivity contribution < 1.29 is 26.0 Å². The van der Waals surface area contributed by atoms with Crippen LogP contribution in [0.1, 0.15) is 18.7 Å². The fourth-order valence-electron chi connectivity index (χ4n) is 3.55. The molecule has 0 spiro atoms. The summed E-state index contributed by atoms with van der Waals surface area (Å²) in [5.74, 6) is -1.98. The molecule has 0 amide bonds. The number of nitrogens with one attached hydrogen (secondary N) is 1. The minimum absolute atomic E-state index is 0.0571. The van der Waals surface area contributed by atoms with Gasteiger partial charge in [0.25, 0.3) is 0 Å². The van der Waals surface area contributed by atoms with Gasteiger partial charge in [0, 0.05) is 30.6 Å². The van der Waals surface area contributed by atoms with E-state index in [9.17, 15) is 26.0 Å². The standard InChI is InChI=1S/C20H18F4N4O2S/c21-13-6-7-16-17(12-13)25-19(20(22,23)24)26-18(16)28-10-8-14(9-11-28)27-31(29,30)15-4-2-1-3-5-15/h1-7,12,14,27H,8-11H2. The first-order chi connectivity index (χ1) is 14.6. The molecule has 2 heterocycles. The van der Waals surface area contributed by atoms with Gasteiger partial charge in [-0.25, -0.2) is 27.5 Å². The molecule has 1 aromatic heterocycles. The van der Waals surface area contributed by atoms with Crippen LogP contribution in [0.5, 0.6) is 0 Å². The van der Waals surface area contributed by atoms with Crippen LogP contribution < -0.4 is 9.62 Å². The third kappa shape index (κ3) is 4.62. The van der Waals surface area contributed by atoms with Gasteiger partial charge in [-0.3, -0.25) is 0 Å². The summed E-state index contributed by atoms with van der Waals surface area (Å²) >= 11 is 0. The molecular formula is C20H18F4N4O2S. The van der Waals surface area contributed by atoms with E-state index >= 15 is 0 Å². The SMILES string of the molecule is O=S(=O)(NC1CCN(c2nc(C(F)(F)F)nc3cc(F)ccc23)CC1)c1ccccc1. The zero-order valence-electron chi connectivity index (χ0n) is 16.1. The third-order valence-electron chi connectivity index (χ3n) is 5.06. The van der Waals surface area contributed by atoms with Crippen LogP contribution in [-0.2, 0) is 16.2 Å². The average molecular weight is 454 g/mol. The first-order valence-electron chi connectivity index (χ1n) is 9.50. The highest BCUT2D eigenvalue weighted by molar-refractivity contribution is 7.89. The Labute approximate surface area is 176 Å². The summed E-state index contributed by atoms with van der Waals surface area (Å²) in [5.41, 5.74) is -0.135. The van der Waals surface area contributed by atoms with Crippen molar-refractivity contribution in [2.24, 2.45) is 0 Å². The summed E-state index contributed by atoms with van der Waals surface area (Å²) < 4.78 is 81.0. The molecular weight excluding hydrogens is 436 g/mol. The van der Waals surface area contributed by atoms with Gasteiger partial charge in [0.15, 0.2) is 0 Å². The van der Waals surface area contributed by atoms with Gasteiger partial charge >= 0.3 is 6.18 Å². The fraction of sp³-hybridized carbons (Fsp3) is 0.300. The van der Waals surface area contributed by atoms with Gasteiger partial charge in [-0.2, -0.15) is 13.2 Å². The van der Waals surface area contributed by atoms with E-state index < -0.39 is 27.8 Å². The predicted octanol–water partition coefficient (Wildman–Crippen LogP) is 3.74. The van der Waals surface area contributed by atoms with E-state index in [1.807, 2.05) is 0 Å². The van der Waals surface area contributed by atoms with E-state index in [1.54, 1.807) is 23.1 Å². The lowest BCUT2D eigenvalue weighted by Crippen LogP contribution is -2.45. The number of hydrogen-bond donors (Lipinski definition) is 1. The monoisotopic (exact) mass is 454 g/mol. The van der Waals surface area contributed by atoms with Crippen molar-refractivity contribution >= 4 is 26.7 Å². The van der Waals surface area contributed by atoms with Gasteiger partial charge in [0.05, 0.1) is 10.4 Å². The van der Waals surface area contributed by atoms with Gasteiger partial charge < -0.3 is 4.90 Å². The van der Waals surface area contributed by atoms with Gasteiger partial charge in [0.1, 0.15) is 11.6 Å². The van der Waals surface area contributed by atoms with Crippen LogP contribution in [0.15, 0.2) is 53.4 Å². The summed E-state index contributed by atoms with van der Waals surface area (Å²) in [5, 5.41) is 0.303. The Balaban J connectivity index is 1.56. The molecule has 31 heavy (non-hydrogen) atoms. The maximum Gasteiger partial charge on any atom is 0.451 e. The van der Waals surface area contributed by atoms with Crippen LogP contribution in [0.2, 0.25) is 0 Å². The number of piperidine rings is 1. The molecule has 11 heteroatoms. The van der Waals surface area contributed by atoms with E-state index in [0.29, 0.717) is 18.2 Å². The lowest BCUT2D eigenvalue weighted by molar-refractivity contribution is -0.144. The number of fused-ring (bicyclic) bond motifs is 1. The Bertz CT molecular complexity index is 1200. The van der Waals surface area contributed by atoms with E-state index in [1.165, 1.54) is 18.2 Å². The second-order valence-electron chi connectivity index (χ2n) is 7.23. The number of anilines is 1. The van der Waals surface area contributed by atoms with Crippen LogP contribution in [-0.4, -0.2) is 37.5 Å². The highest BCUT2D eigenvalue weighted by atomic mass is 32.2. The Kier molecular flexibility index (Phi) is 5.56. The molecule has 4 rings (SSSR count). The molecule has 0 atom stereocenters. The van der Waals surface area contributed by atoms with Gasteiger partial charge in [0.2, 0.25) is 15.8 Å². The zero-order chi connectivity index (χ0) is 22.2. The van der Waals surface area contributed by atoms with Crippen molar-refractivity contribution in [3.8, 4) is 0 Å². The smallest absolute Gasteiger partial charge is 0.356 e. The maximum absolute atomic E-state index is 13.6. The molecule has 0 radical (unpaired) electrons. The number of halogens is 4. The number of alkyl halides is 3. The topological polar surface area (TPSA) is 75.2 Å². The normalized spacial score (nSPS) is 16.1. The van der Waals surface area contributed by atoms with Crippen molar-refractivity contribution in [2.75, 3.05) is 18.0 Å². The van der Waals surface area contributed by atoms with E-state index in [4.69, 9.17) is 0 Å². The fourth-order valence-corrected chi connectivity index (χ4v) is 4.88. The minimum Gasteiger partial charge on any atom is -0.356 e. The number of aromatic nitrogens is 2. The summed E-state index contributed by atoms with van der Waals surface area (Å²) in [6, 6.07) is 11.0. The number of rotatable bonds is 4. The first kappa shape index (κ1) is 21.4. The molecule has 6 nitrogen and oxygen atoms in total. The Morgan fingerprint density at radius 3 is 2.32 bits per heavy atom. The molecule has 0 aliphatic carbocycles. The second kappa shape index (κ2) is 8.04. The average Bonchev–Trinajstić information content (AvgIpc) is 2.73.